The normalized spacial score (nSPS) is 17.3. The molecule has 3 aromatic rings. The molecular weight excluding hydrogens is 342 g/mol. The van der Waals surface area contributed by atoms with Gasteiger partial charge in [-0.3, -0.25) is 4.79 Å². The van der Waals surface area contributed by atoms with Crippen molar-refractivity contribution < 1.29 is 9.53 Å². The van der Waals surface area contributed by atoms with Crippen LogP contribution in [0.25, 0.3) is 5.65 Å². The minimum atomic E-state index is -0.100. The van der Waals surface area contributed by atoms with Gasteiger partial charge in [0.1, 0.15) is 5.75 Å². The fourth-order valence-electron chi connectivity index (χ4n) is 3.69. The molecule has 1 fully saturated rings. The lowest BCUT2D eigenvalue weighted by atomic mass is 10.0. The maximum Gasteiger partial charge on any atom is 0.257 e. The summed E-state index contributed by atoms with van der Waals surface area (Å²) in [6.07, 6.45) is 1.66. The topological polar surface area (TPSA) is 71.8 Å². The summed E-state index contributed by atoms with van der Waals surface area (Å²) < 4.78 is 7.26. The molecule has 1 aliphatic heterocycles. The molecule has 0 saturated carbocycles. The van der Waals surface area contributed by atoms with Crippen molar-refractivity contribution in [1.29, 1.82) is 0 Å². The maximum atomic E-state index is 13.4. The summed E-state index contributed by atoms with van der Waals surface area (Å²) in [6, 6.07) is 9.66. The molecule has 7 heteroatoms. The lowest BCUT2D eigenvalue weighted by Gasteiger charge is -2.37. The highest BCUT2D eigenvalue weighted by Crippen LogP contribution is 2.31. The van der Waals surface area contributed by atoms with E-state index >= 15 is 0 Å². The summed E-state index contributed by atoms with van der Waals surface area (Å²) in [5, 5.41) is 7.84. The van der Waals surface area contributed by atoms with E-state index in [4.69, 9.17) is 4.74 Å². The van der Waals surface area contributed by atoms with Crippen LogP contribution >= 0.6 is 0 Å². The van der Waals surface area contributed by atoms with Crippen LogP contribution in [0, 0.1) is 13.8 Å². The van der Waals surface area contributed by atoms with Gasteiger partial charge in [-0.05, 0) is 19.9 Å². The molecule has 4 rings (SSSR count). The fraction of sp³-hybridized carbons (Fsp3) is 0.350. The van der Waals surface area contributed by atoms with Crippen LogP contribution in [0.1, 0.15) is 33.4 Å². The molecule has 7 nitrogen and oxygen atoms in total. The minimum Gasteiger partial charge on any atom is -0.496 e. The van der Waals surface area contributed by atoms with Crippen molar-refractivity contribution >= 4 is 11.6 Å². The van der Waals surface area contributed by atoms with Gasteiger partial charge in [0.15, 0.2) is 5.65 Å². The third-order valence-corrected chi connectivity index (χ3v) is 5.08. The van der Waals surface area contributed by atoms with Crippen molar-refractivity contribution in [3.63, 3.8) is 0 Å². The number of fused-ring (bicyclic) bond motifs is 1. The summed E-state index contributed by atoms with van der Waals surface area (Å²) in [4.78, 5) is 19.8. The number of methoxy groups -OCH3 is 1. The molecule has 1 N–H and O–H groups in total. The third kappa shape index (κ3) is 3.04. The number of carbonyl (C=O) groups is 1. The van der Waals surface area contributed by atoms with E-state index in [0.29, 0.717) is 18.7 Å². The molecule has 0 aliphatic carbocycles. The number of piperazine rings is 1. The van der Waals surface area contributed by atoms with Gasteiger partial charge in [0.25, 0.3) is 5.91 Å². The number of hydrogen-bond acceptors (Lipinski definition) is 5. The van der Waals surface area contributed by atoms with Crippen LogP contribution in [0.3, 0.4) is 0 Å². The molecule has 0 bridgehead atoms. The van der Waals surface area contributed by atoms with Gasteiger partial charge in [-0.2, -0.15) is 5.10 Å². The van der Waals surface area contributed by atoms with Crippen LogP contribution < -0.4 is 10.1 Å². The van der Waals surface area contributed by atoms with E-state index in [-0.39, 0.29) is 11.9 Å². The molecule has 1 aliphatic rings. The standard InChI is InChI=1S/C20H23N5O2/c1-13-10-19-22-11-16(14(2)25(19)23-13)20(26)24-9-8-21-12-17(24)15-6-4-5-7-18(15)27-3/h4-7,10-11,17,21H,8-9,12H2,1-3H3. The van der Waals surface area contributed by atoms with Crippen molar-refractivity contribution in [3.8, 4) is 5.75 Å². The number of hydrogen-bond donors (Lipinski definition) is 1. The molecule has 0 radical (unpaired) electrons. The van der Waals surface area contributed by atoms with Gasteiger partial charge in [-0.1, -0.05) is 18.2 Å². The van der Waals surface area contributed by atoms with Crippen molar-refractivity contribution in [2.75, 3.05) is 26.7 Å². The average Bonchev–Trinajstić information content (AvgIpc) is 3.09. The smallest absolute Gasteiger partial charge is 0.257 e. The number of nitrogens with zero attached hydrogens (tertiary/aromatic N) is 4. The molecular formula is C20H23N5O2. The number of aromatic nitrogens is 3. The number of aryl methyl sites for hydroxylation is 2. The largest absolute Gasteiger partial charge is 0.496 e. The molecule has 1 atom stereocenters. The lowest BCUT2D eigenvalue weighted by molar-refractivity contribution is 0.0629. The van der Waals surface area contributed by atoms with Crippen LogP contribution in [0.2, 0.25) is 0 Å². The number of rotatable bonds is 3. The monoisotopic (exact) mass is 365 g/mol. The first-order valence-electron chi connectivity index (χ1n) is 9.06. The number of amides is 1. The van der Waals surface area contributed by atoms with E-state index in [2.05, 4.69) is 15.4 Å². The number of carbonyl (C=O) groups excluding carboxylic acids is 1. The highest BCUT2D eigenvalue weighted by Gasteiger charge is 2.31. The van der Waals surface area contributed by atoms with Crippen molar-refractivity contribution in [2.24, 2.45) is 0 Å². The maximum absolute atomic E-state index is 13.4. The fourth-order valence-corrected chi connectivity index (χ4v) is 3.69. The van der Waals surface area contributed by atoms with Gasteiger partial charge >= 0.3 is 0 Å². The first kappa shape index (κ1) is 17.5. The van der Waals surface area contributed by atoms with Crippen molar-refractivity contribution in [2.45, 2.75) is 19.9 Å². The number of ether oxygens (including phenoxy) is 1. The molecule has 3 heterocycles. The second kappa shape index (κ2) is 7.00. The van der Waals surface area contributed by atoms with Crippen LogP contribution in [-0.2, 0) is 0 Å². The lowest BCUT2D eigenvalue weighted by Crippen LogP contribution is -2.49. The van der Waals surface area contributed by atoms with Crippen LogP contribution in [0.15, 0.2) is 36.5 Å². The van der Waals surface area contributed by atoms with Gasteiger partial charge < -0.3 is 15.0 Å². The number of benzene rings is 1. The van der Waals surface area contributed by atoms with Gasteiger partial charge in [-0.25, -0.2) is 9.50 Å². The van der Waals surface area contributed by atoms with Crippen LogP contribution in [-0.4, -0.2) is 52.1 Å². The van der Waals surface area contributed by atoms with E-state index in [1.165, 1.54) is 0 Å². The summed E-state index contributed by atoms with van der Waals surface area (Å²) in [6.45, 7) is 5.89. The van der Waals surface area contributed by atoms with Crippen molar-refractivity contribution in [1.82, 2.24) is 24.8 Å². The van der Waals surface area contributed by atoms with Crippen LogP contribution in [0.4, 0.5) is 0 Å². The predicted octanol–water partition coefficient (Wildman–Crippen LogP) is 2.14. The van der Waals surface area contributed by atoms with E-state index in [1.807, 2.05) is 49.1 Å². The average molecular weight is 365 g/mol. The van der Waals surface area contributed by atoms with E-state index in [0.717, 1.165) is 34.9 Å². The highest BCUT2D eigenvalue weighted by atomic mass is 16.5. The van der Waals surface area contributed by atoms with Gasteiger partial charge in [0.2, 0.25) is 0 Å². The Kier molecular flexibility index (Phi) is 4.53. The Balaban J connectivity index is 1.74. The van der Waals surface area contributed by atoms with E-state index in [9.17, 15) is 4.79 Å². The molecule has 1 saturated heterocycles. The quantitative estimate of drug-likeness (QED) is 0.770. The summed E-state index contributed by atoms with van der Waals surface area (Å²) in [5.74, 6) is 0.754. The molecule has 1 unspecified atom stereocenters. The summed E-state index contributed by atoms with van der Waals surface area (Å²) >= 11 is 0. The Morgan fingerprint density at radius 1 is 1.30 bits per heavy atom. The number of nitrogens with one attached hydrogen (secondary N) is 1. The molecule has 0 spiro atoms. The van der Waals surface area contributed by atoms with E-state index in [1.54, 1.807) is 17.8 Å². The molecule has 1 amide bonds. The molecule has 2 aromatic heterocycles. The zero-order valence-corrected chi connectivity index (χ0v) is 15.8. The zero-order chi connectivity index (χ0) is 19.0. The Bertz CT molecular complexity index is 997. The Hall–Kier alpha value is -2.93. The number of para-hydroxylation sites is 1. The van der Waals surface area contributed by atoms with E-state index < -0.39 is 0 Å². The van der Waals surface area contributed by atoms with Gasteiger partial charge in [0, 0.05) is 37.5 Å². The molecule has 27 heavy (non-hydrogen) atoms. The zero-order valence-electron chi connectivity index (χ0n) is 15.8. The van der Waals surface area contributed by atoms with Crippen molar-refractivity contribution in [3.05, 3.63) is 59.0 Å². The highest BCUT2D eigenvalue weighted by molar-refractivity contribution is 5.95. The Labute approximate surface area is 158 Å². The first-order valence-corrected chi connectivity index (χ1v) is 9.06. The second-order valence-electron chi connectivity index (χ2n) is 6.77. The second-order valence-corrected chi connectivity index (χ2v) is 6.77. The van der Waals surface area contributed by atoms with Crippen LogP contribution in [0.5, 0.6) is 5.75 Å². The minimum absolute atomic E-state index is 0.0348. The molecule has 140 valence electrons. The predicted molar refractivity (Wildman–Crippen MR) is 102 cm³/mol. The summed E-state index contributed by atoms with van der Waals surface area (Å²) in [7, 11) is 1.66. The van der Waals surface area contributed by atoms with Gasteiger partial charge in [0.05, 0.1) is 30.1 Å². The first-order chi connectivity index (χ1) is 13.1. The van der Waals surface area contributed by atoms with Gasteiger partial charge in [-0.15, -0.1) is 0 Å². The molecule has 1 aromatic carbocycles. The third-order valence-electron chi connectivity index (χ3n) is 5.08. The summed E-state index contributed by atoms with van der Waals surface area (Å²) in [5.41, 5.74) is 4.01. The Morgan fingerprint density at radius 3 is 2.93 bits per heavy atom. The SMILES string of the molecule is COc1ccccc1C1CNCCN1C(=O)c1cnc2cc(C)nn2c1C. The Morgan fingerprint density at radius 2 is 2.11 bits per heavy atom.